The van der Waals surface area contributed by atoms with Crippen LogP contribution in [0.4, 0.5) is 5.69 Å². The molecule has 0 aliphatic carbocycles. The van der Waals surface area contributed by atoms with E-state index in [9.17, 15) is 10.4 Å². The van der Waals surface area contributed by atoms with Crippen molar-refractivity contribution in [3.05, 3.63) is 48.3 Å². The molecule has 126 valence electrons. The van der Waals surface area contributed by atoms with Gasteiger partial charge in [0.25, 0.3) is 0 Å². The quantitative estimate of drug-likeness (QED) is 0.887. The van der Waals surface area contributed by atoms with Crippen LogP contribution in [0.25, 0.3) is 5.69 Å². The van der Waals surface area contributed by atoms with E-state index >= 15 is 0 Å². The third kappa shape index (κ3) is 2.91. The number of nitriles is 1. The van der Waals surface area contributed by atoms with Crippen LogP contribution in [0.15, 0.2) is 42.7 Å². The molecule has 1 aromatic heterocycles. The first-order valence-electron chi connectivity index (χ1n) is 8.17. The zero-order chi connectivity index (χ0) is 17.2. The second-order valence-corrected chi connectivity index (χ2v) is 6.97. The first kappa shape index (κ1) is 16.6. The summed E-state index contributed by atoms with van der Waals surface area (Å²) in [6.07, 6.45) is 4.47. The highest BCUT2D eigenvalue weighted by molar-refractivity contribution is 5.66. The molecule has 1 aromatic carbocycles. The van der Waals surface area contributed by atoms with Gasteiger partial charge in [-0.25, -0.2) is 0 Å². The minimum Gasteiger partial charge on any atom is -0.387 e. The van der Waals surface area contributed by atoms with Crippen molar-refractivity contribution in [2.75, 3.05) is 25.1 Å². The number of hydrogen-bond donors (Lipinski definition) is 2. The molecule has 1 atom stereocenters. The molecular formula is C19H23N3O2. The van der Waals surface area contributed by atoms with E-state index in [4.69, 9.17) is 4.74 Å². The zero-order valence-corrected chi connectivity index (χ0v) is 14.1. The van der Waals surface area contributed by atoms with E-state index in [0.29, 0.717) is 31.7 Å². The van der Waals surface area contributed by atoms with Gasteiger partial charge in [-0.2, -0.15) is 5.26 Å². The molecule has 2 aromatic rings. The summed E-state index contributed by atoms with van der Waals surface area (Å²) in [4.78, 5) is 0. The van der Waals surface area contributed by atoms with Crippen molar-refractivity contribution >= 4 is 5.69 Å². The van der Waals surface area contributed by atoms with Crippen LogP contribution >= 0.6 is 0 Å². The predicted molar refractivity (Wildman–Crippen MR) is 93.1 cm³/mol. The van der Waals surface area contributed by atoms with Gasteiger partial charge in [-0.1, -0.05) is 19.9 Å². The minimum absolute atomic E-state index is 0.357. The van der Waals surface area contributed by atoms with Crippen LogP contribution in [0.2, 0.25) is 0 Å². The van der Waals surface area contributed by atoms with Crippen molar-refractivity contribution in [2.45, 2.75) is 25.9 Å². The van der Waals surface area contributed by atoms with E-state index in [-0.39, 0.29) is 5.41 Å². The first-order chi connectivity index (χ1) is 11.5. The van der Waals surface area contributed by atoms with Crippen LogP contribution in [0.3, 0.4) is 0 Å². The number of ether oxygens (including phenoxy) is 1. The van der Waals surface area contributed by atoms with Gasteiger partial charge in [-0.3, -0.25) is 0 Å². The van der Waals surface area contributed by atoms with Crippen molar-refractivity contribution in [3.8, 4) is 11.8 Å². The molecule has 1 aliphatic heterocycles. The average molecular weight is 325 g/mol. The maximum Gasteiger partial charge on any atom is 0.104 e. The summed E-state index contributed by atoms with van der Waals surface area (Å²) in [5.74, 6) is 0. The Bertz CT molecular complexity index is 738. The molecule has 1 saturated heterocycles. The van der Waals surface area contributed by atoms with Crippen molar-refractivity contribution in [3.63, 3.8) is 0 Å². The molecule has 2 N–H and O–H groups in total. The number of aromatic nitrogens is 1. The van der Waals surface area contributed by atoms with Gasteiger partial charge in [-0.15, -0.1) is 0 Å². The van der Waals surface area contributed by atoms with Crippen LogP contribution in [-0.2, 0) is 4.74 Å². The molecule has 5 nitrogen and oxygen atoms in total. The SMILES string of the molecule is CC(C)(CNc1cccc(-n2cccc2)c1C#N)C1(O)CCOC1. The van der Waals surface area contributed by atoms with Gasteiger partial charge in [0.2, 0.25) is 0 Å². The van der Waals surface area contributed by atoms with Gasteiger partial charge in [0.1, 0.15) is 6.07 Å². The summed E-state index contributed by atoms with van der Waals surface area (Å²) in [5.41, 5.74) is 0.997. The van der Waals surface area contributed by atoms with Gasteiger partial charge >= 0.3 is 0 Å². The van der Waals surface area contributed by atoms with E-state index < -0.39 is 5.60 Å². The molecule has 0 saturated carbocycles. The molecule has 2 heterocycles. The van der Waals surface area contributed by atoms with Gasteiger partial charge in [0, 0.05) is 37.4 Å². The highest BCUT2D eigenvalue weighted by Gasteiger charge is 2.46. The number of aliphatic hydroxyl groups is 1. The van der Waals surface area contributed by atoms with Crippen LogP contribution < -0.4 is 5.32 Å². The Labute approximate surface area is 142 Å². The molecule has 5 heteroatoms. The van der Waals surface area contributed by atoms with Gasteiger partial charge in [-0.05, 0) is 24.3 Å². The highest BCUT2D eigenvalue weighted by Crippen LogP contribution is 2.38. The maximum atomic E-state index is 10.8. The molecule has 0 amide bonds. The van der Waals surface area contributed by atoms with E-state index in [1.165, 1.54) is 0 Å². The molecule has 0 bridgehead atoms. The Balaban J connectivity index is 1.83. The van der Waals surface area contributed by atoms with Gasteiger partial charge in [0.15, 0.2) is 0 Å². The smallest absolute Gasteiger partial charge is 0.104 e. The Morgan fingerprint density at radius 2 is 2.08 bits per heavy atom. The van der Waals surface area contributed by atoms with Gasteiger partial charge in [0.05, 0.1) is 29.1 Å². The van der Waals surface area contributed by atoms with Crippen LogP contribution in [0.5, 0.6) is 0 Å². The molecule has 24 heavy (non-hydrogen) atoms. The lowest BCUT2D eigenvalue weighted by atomic mass is 9.74. The monoisotopic (exact) mass is 325 g/mol. The molecule has 1 fully saturated rings. The van der Waals surface area contributed by atoms with Crippen LogP contribution in [0.1, 0.15) is 25.8 Å². The fourth-order valence-corrected chi connectivity index (χ4v) is 3.08. The van der Waals surface area contributed by atoms with Crippen molar-refractivity contribution in [1.82, 2.24) is 4.57 Å². The summed E-state index contributed by atoms with van der Waals surface area (Å²) in [7, 11) is 0. The highest BCUT2D eigenvalue weighted by atomic mass is 16.5. The van der Waals surface area contributed by atoms with E-state index in [1.54, 1.807) is 0 Å². The summed E-state index contributed by atoms with van der Waals surface area (Å²) < 4.78 is 7.30. The molecular weight excluding hydrogens is 302 g/mol. The van der Waals surface area contributed by atoms with Crippen molar-refractivity contribution < 1.29 is 9.84 Å². The number of nitrogens with zero attached hydrogens (tertiary/aromatic N) is 2. The predicted octanol–water partition coefficient (Wildman–Crippen LogP) is 2.94. The average Bonchev–Trinajstić information content (AvgIpc) is 3.25. The van der Waals surface area contributed by atoms with Crippen molar-refractivity contribution in [1.29, 1.82) is 5.26 Å². The zero-order valence-electron chi connectivity index (χ0n) is 14.1. The number of hydrogen-bond acceptors (Lipinski definition) is 4. The maximum absolute atomic E-state index is 10.8. The Kier molecular flexibility index (Phi) is 4.35. The largest absolute Gasteiger partial charge is 0.387 e. The second kappa shape index (κ2) is 6.31. The number of rotatable bonds is 5. The number of benzene rings is 1. The lowest BCUT2D eigenvalue weighted by Crippen LogP contribution is -2.49. The molecule has 3 rings (SSSR count). The summed E-state index contributed by atoms with van der Waals surface area (Å²) in [5, 5.41) is 23.8. The standard InChI is InChI=1S/C19H23N3O2/c1-18(2,19(23)8-11-24-14-19)13-21-16-6-5-7-17(15(16)12-20)22-9-3-4-10-22/h3-7,9-10,21,23H,8,11,13-14H2,1-2H3. The van der Waals surface area contributed by atoms with E-state index in [2.05, 4.69) is 11.4 Å². The summed E-state index contributed by atoms with van der Waals surface area (Å²) in [6.45, 7) is 5.55. The molecule has 1 unspecified atom stereocenters. The molecule has 1 aliphatic rings. The Morgan fingerprint density at radius 1 is 1.33 bits per heavy atom. The van der Waals surface area contributed by atoms with E-state index in [0.717, 1.165) is 11.4 Å². The third-order valence-electron chi connectivity index (χ3n) is 5.02. The van der Waals surface area contributed by atoms with Crippen LogP contribution in [0, 0.1) is 16.7 Å². The van der Waals surface area contributed by atoms with Gasteiger partial charge < -0.3 is 19.7 Å². The fraction of sp³-hybridized carbons (Fsp3) is 0.421. The molecule has 0 radical (unpaired) electrons. The number of nitrogens with one attached hydrogen (secondary N) is 1. The lowest BCUT2D eigenvalue weighted by molar-refractivity contribution is -0.0630. The van der Waals surface area contributed by atoms with Crippen LogP contribution in [-0.4, -0.2) is 35.0 Å². The Morgan fingerprint density at radius 3 is 2.71 bits per heavy atom. The normalized spacial score (nSPS) is 20.8. The van der Waals surface area contributed by atoms with E-state index in [1.807, 2.05) is 61.1 Å². The first-order valence-corrected chi connectivity index (χ1v) is 8.17. The Hall–Kier alpha value is -2.29. The molecule has 0 spiro atoms. The summed E-state index contributed by atoms with van der Waals surface area (Å²) in [6, 6.07) is 11.9. The lowest BCUT2D eigenvalue weighted by Gasteiger charge is -2.39. The minimum atomic E-state index is -0.842. The summed E-state index contributed by atoms with van der Waals surface area (Å²) >= 11 is 0. The number of anilines is 1. The topological polar surface area (TPSA) is 70.2 Å². The van der Waals surface area contributed by atoms with Crippen molar-refractivity contribution in [2.24, 2.45) is 5.41 Å². The third-order valence-corrected chi connectivity index (χ3v) is 5.02. The fourth-order valence-electron chi connectivity index (χ4n) is 3.08. The second-order valence-electron chi connectivity index (χ2n) is 6.97.